The number of benzene rings is 1. The summed E-state index contributed by atoms with van der Waals surface area (Å²) in [7, 11) is 1.62. The molecule has 0 radical (unpaired) electrons. The first-order valence-corrected chi connectivity index (χ1v) is 5.58. The lowest BCUT2D eigenvalue weighted by molar-refractivity contribution is -0.142. The largest absolute Gasteiger partial charge is 0.496 e. The van der Waals surface area contributed by atoms with Gasteiger partial charge in [-0.15, -0.1) is 0 Å². The van der Waals surface area contributed by atoms with Crippen LogP contribution < -0.4 is 4.74 Å². The van der Waals surface area contributed by atoms with Crippen LogP contribution in [0, 0.1) is 5.92 Å². The van der Waals surface area contributed by atoms with Crippen molar-refractivity contribution in [1.82, 2.24) is 0 Å². The predicted octanol–water partition coefficient (Wildman–Crippen LogP) is 2.54. The van der Waals surface area contributed by atoms with Crippen LogP contribution in [-0.2, 0) is 17.6 Å². The van der Waals surface area contributed by atoms with Crippen molar-refractivity contribution in [1.29, 1.82) is 0 Å². The highest BCUT2D eigenvalue weighted by Crippen LogP contribution is 2.36. The van der Waals surface area contributed by atoms with Crippen molar-refractivity contribution in [2.75, 3.05) is 7.11 Å². The number of fused-ring (bicyclic) bond motifs is 1. The molecule has 1 N–H and O–H groups in total. The van der Waals surface area contributed by atoms with Gasteiger partial charge in [0.15, 0.2) is 0 Å². The van der Waals surface area contributed by atoms with Gasteiger partial charge in [-0.05, 0) is 42.5 Å². The monoisotopic (exact) mass is 240 g/mol. The average molecular weight is 241 g/mol. The molecule has 0 amide bonds. The quantitative estimate of drug-likeness (QED) is 0.864. The summed E-state index contributed by atoms with van der Waals surface area (Å²) in [5.74, 6) is -0.259. The highest BCUT2D eigenvalue weighted by molar-refractivity contribution is 6.31. The summed E-state index contributed by atoms with van der Waals surface area (Å²) in [4.78, 5) is 11.0. The number of carboxylic acid groups (broad SMARTS) is 1. The summed E-state index contributed by atoms with van der Waals surface area (Å²) in [6, 6.07) is 3.60. The van der Waals surface area contributed by atoms with E-state index in [4.69, 9.17) is 21.4 Å². The van der Waals surface area contributed by atoms with Crippen molar-refractivity contribution in [2.45, 2.75) is 19.3 Å². The van der Waals surface area contributed by atoms with E-state index in [1.54, 1.807) is 13.2 Å². The Morgan fingerprint density at radius 2 is 2.25 bits per heavy atom. The van der Waals surface area contributed by atoms with Crippen molar-refractivity contribution >= 4 is 17.6 Å². The molecule has 2 rings (SSSR count). The van der Waals surface area contributed by atoms with Crippen LogP contribution >= 0.6 is 11.6 Å². The van der Waals surface area contributed by atoms with Crippen LogP contribution in [0.2, 0.25) is 5.02 Å². The van der Waals surface area contributed by atoms with E-state index in [0.717, 1.165) is 23.3 Å². The van der Waals surface area contributed by atoms with E-state index in [1.807, 2.05) is 6.07 Å². The summed E-state index contributed by atoms with van der Waals surface area (Å²) >= 11 is 6.09. The molecule has 0 spiro atoms. The molecule has 0 aliphatic heterocycles. The molecule has 3 nitrogen and oxygen atoms in total. The van der Waals surface area contributed by atoms with Gasteiger partial charge in [0.1, 0.15) is 5.75 Å². The van der Waals surface area contributed by atoms with Gasteiger partial charge in [0.25, 0.3) is 0 Å². The number of carbonyl (C=O) groups is 1. The average Bonchev–Trinajstić information content (AvgIpc) is 2.29. The lowest BCUT2D eigenvalue weighted by Gasteiger charge is -2.24. The Bertz CT molecular complexity index is 429. The van der Waals surface area contributed by atoms with Gasteiger partial charge in [-0.25, -0.2) is 0 Å². The zero-order valence-corrected chi connectivity index (χ0v) is 9.75. The summed E-state index contributed by atoms with van der Waals surface area (Å²) in [6.07, 6.45) is 1.87. The minimum absolute atomic E-state index is 0.322. The number of rotatable bonds is 2. The van der Waals surface area contributed by atoms with Gasteiger partial charge in [-0.3, -0.25) is 4.79 Å². The first kappa shape index (κ1) is 11.3. The molecule has 0 saturated carbocycles. The molecule has 86 valence electrons. The molecule has 0 saturated heterocycles. The van der Waals surface area contributed by atoms with Crippen LogP contribution in [0.1, 0.15) is 17.5 Å². The third kappa shape index (κ3) is 1.87. The third-order valence-electron chi connectivity index (χ3n) is 3.09. The second-order valence-corrected chi connectivity index (χ2v) is 4.39. The number of hydrogen-bond acceptors (Lipinski definition) is 2. The van der Waals surface area contributed by atoms with Crippen LogP contribution in [0.4, 0.5) is 0 Å². The van der Waals surface area contributed by atoms with Crippen LogP contribution in [0.25, 0.3) is 0 Å². The minimum atomic E-state index is -0.746. The highest BCUT2D eigenvalue weighted by Gasteiger charge is 2.27. The number of aliphatic carboxylic acids is 1. The molecule has 1 aliphatic rings. The van der Waals surface area contributed by atoms with Crippen molar-refractivity contribution < 1.29 is 14.6 Å². The highest BCUT2D eigenvalue weighted by atomic mass is 35.5. The van der Waals surface area contributed by atoms with Gasteiger partial charge >= 0.3 is 5.97 Å². The molecular formula is C12H13ClO3. The fraction of sp³-hybridized carbons (Fsp3) is 0.417. The molecule has 1 aliphatic carbocycles. The maximum atomic E-state index is 11.0. The topological polar surface area (TPSA) is 46.5 Å². The van der Waals surface area contributed by atoms with Gasteiger partial charge in [-0.2, -0.15) is 0 Å². The zero-order valence-electron chi connectivity index (χ0n) is 9.00. The Hall–Kier alpha value is -1.22. The first-order valence-electron chi connectivity index (χ1n) is 5.20. The SMILES string of the molecule is COc1ccc(Cl)c2c1CCC(C(=O)O)C2. The maximum absolute atomic E-state index is 11.0. The van der Waals surface area contributed by atoms with E-state index in [9.17, 15) is 4.79 Å². The van der Waals surface area contributed by atoms with Crippen molar-refractivity contribution in [3.8, 4) is 5.75 Å². The summed E-state index contributed by atoms with van der Waals surface area (Å²) in [5, 5.41) is 9.65. The van der Waals surface area contributed by atoms with Gasteiger partial charge in [0.2, 0.25) is 0 Å². The second-order valence-electron chi connectivity index (χ2n) is 3.98. The first-order chi connectivity index (χ1) is 7.63. The van der Waals surface area contributed by atoms with Crippen molar-refractivity contribution in [3.05, 3.63) is 28.3 Å². The lowest BCUT2D eigenvalue weighted by Crippen LogP contribution is -2.22. The molecular weight excluding hydrogens is 228 g/mol. The Morgan fingerprint density at radius 1 is 1.50 bits per heavy atom. The number of methoxy groups -OCH3 is 1. The molecule has 0 bridgehead atoms. The standard InChI is InChI=1S/C12H13ClO3/c1-16-11-5-4-10(13)9-6-7(12(14)15)2-3-8(9)11/h4-5,7H,2-3,6H2,1H3,(H,14,15). The molecule has 0 fully saturated rings. The molecule has 0 heterocycles. The maximum Gasteiger partial charge on any atom is 0.306 e. The summed E-state index contributed by atoms with van der Waals surface area (Å²) in [5.41, 5.74) is 1.99. The van der Waals surface area contributed by atoms with Crippen LogP contribution in [0.5, 0.6) is 5.75 Å². The smallest absolute Gasteiger partial charge is 0.306 e. The van der Waals surface area contributed by atoms with Crippen LogP contribution in [0.3, 0.4) is 0 Å². The fourth-order valence-corrected chi connectivity index (χ4v) is 2.46. The fourth-order valence-electron chi connectivity index (χ4n) is 2.21. The van der Waals surface area contributed by atoms with E-state index < -0.39 is 5.97 Å². The van der Waals surface area contributed by atoms with Crippen LogP contribution in [-0.4, -0.2) is 18.2 Å². The van der Waals surface area contributed by atoms with E-state index in [1.165, 1.54) is 0 Å². The minimum Gasteiger partial charge on any atom is -0.496 e. The molecule has 4 heteroatoms. The number of ether oxygens (including phenoxy) is 1. The lowest BCUT2D eigenvalue weighted by atomic mass is 9.83. The van der Waals surface area contributed by atoms with E-state index in [0.29, 0.717) is 17.9 Å². The molecule has 1 aromatic carbocycles. The van der Waals surface area contributed by atoms with Crippen molar-refractivity contribution in [2.24, 2.45) is 5.92 Å². The number of hydrogen-bond donors (Lipinski definition) is 1. The molecule has 1 aromatic rings. The zero-order chi connectivity index (χ0) is 11.7. The van der Waals surface area contributed by atoms with Gasteiger partial charge < -0.3 is 9.84 Å². The Balaban J connectivity index is 2.41. The molecule has 1 atom stereocenters. The number of carboxylic acids is 1. The molecule has 16 heavy (non-hydrogen) atoms. The van der Waals surface area contributed by atoms with Gasteiger partial charge in [-0.1, -0.05) is 11.6 Å². The van der Waals surface area contributed by atoms with Crippen LogP contribution in [0.15, 0.2) is 12.1 Å². The van der Waals surface area contributed by atoms with Gasteiger partial charge in [0.05, 0.1) is 13.0 Å². The molecule has 0 aromatic heterocycles. The Labute approximate surface area is 99.0 Å². The second kappa shape index (κ2) is 4.34. The Kier molecular flexibility index (Phi) is 3.06. The van der Waals surface area contributed by atoms with E-state index in [2.05, 4.69) is 0 Å². The van der Waals surface area contributed by atoms with Gasteiger partial charge in [0, 0.05) is 5.02 Å². The normalized spacial score (nSPS) is 19.0. The molecule has 1 unspecified atom stereocenters. The van der Waals surface area contributed by atoms with E-state index in [-0.39, 0.29) is 5.92 Å². The summed E-state index contributed by atoms with van der Waals surface area (Å²) < 4.78 is 5.26. The third-order valence-corrected chi connectivity index (χ3v) is 3.45. The van der Waals surface area contributed by atoms with Crippen molar-refractivity contribution in [3.63, 3.8) is 0 Å². The Morgan fingerprint density at radius 3 is 2.88 bits per heavy atom. The predicted molar refractivity (Wildman–Crippen MR) is 61.2 cm³/mol. The number of halogens is 1. The van der Waals surface area contributed by atoms with E-state index >= 15 is 0 Å². The summed E-state index contributed by atoms with van der Waals surface area (Å²) in [6.45, 7) is 0.